The molecule has 0 fully saturated rings. The van der Waals surface area contributed by atoms with Crippen LogP contribution in [0.1, 0.15) is 37.3 Å². The number of aliphatic imine (C=N–C) groups is 1. The molecule has 27 heavy (non-hydrogen) atoms. The van der Waals surface area contributed by atoms with E-state index in [2.05, 4.69) is 15.0 Å². The fourth-order valence-corrected chi connectivity index (χ4v) is 3.29. The highest BCUT2D eigenvalue weighted by molar-refractivity contribution is 7.51. The number of hydrogen-bond acceptors (Lipinski definition) is 8. The van der Waals surface area contributed by atoms with E-state index in [9.17, 15) is 14.3 Å². The molecule has 3 atom stereocenters. The number of nitrogens with one attached hydrogen (secondary N) is 1. The van der Waals surface area contributed by atoms with Gasteiger partial charge >= 0.3 is 7.60 Å². The molecular formula is C16H27N4O6P. The van der Waals surface area contributed by atoms with Crippen molar-refractivity contribution in [2.24, 2.45) is 4.99 Å². The molecular weight excluding hydrogens is 375 g/mol. The van der Waals surface area contributed by atoms with Crippen LogP contribution in [0.3, 0.4) is 0 Å². The maximum absolute atomic E-state index is 11.9. The number of nitrogen functional groups attached to an aromatic ring is 1. The Morgan fingerprint density at radius 2 is 2.22 bits per heavy atom. The number of fused-ring (bicyclic) bond motifs is 1. The number of ether oxygens (including phenoxy) is 2. The number of aromatic nitrogens is 2. The standard InChI is InChI=1S/C16H27N4O6P/c1-24-9-12(10-26-27(2,22)23)25-8-4-3-5-11-6-7-18-14-13(11)19-16(17)20-15(14)21/h7,11-12H,3-6,8-10H2,1-2H3,(H,22,23)(H3,17,19,20,21)/t11?,12-/m1/s1. The molecule has 0 aromatic carbocycles. The van der Waals surface area contributed by atoms with Crippen molar-refractivity contribution in [1.29, 1.82) is 0 Å². The monoisotopic (exact) mass is 402 g/mol. The summed E-state index contributed by atoms with van der Waals surface area (Å²) >= 11 is 0. The molecule has 2 unspecified atom stereocenters. The van der Waals surface area contributed by atoms with E-state index in [4.69, 9.17) is 19.7 Å². The van der Waals surface area contributed by atoms with E-state index in [0.717, 1.165) is 25.9 Å². The third-order valence-electron chi connectivity index (χ3n) is 4.09. The molecule has 0 saturated carbocycles. The summed E-state index contributed by atoms with van der Waals surface area (Å²) in [5.74, 6) is 0.198. The summed E-state index contributed by atoms with van der Waals surface area (Å²) in [6, 6.07) is 0. The van der Waals surface area contributed by atoms with Crippen LogP contribution in [0.15, 0.2) is 9.79 Å². The van der Waals surface area contributed by atoms with Crippen LogP contribution >= 0.6 is 7.60 Å². The average molecular weight is 402 g/mol. The molecule has 1 aromatic rings. The van der Waals surface area contributed by atoms with Gasteiger partial charge in [-0.05, 0) is 19.3 Å². The molecule has 2 heterocycles. The van der Waals surface area contributed by atoms with Crippen LogP contribution in [0, 0.1) is 0 Å². The Labute approximate surface area is 157 Å². The maximum atomic E-state index is 11.9. The zero-order chi connectivity index (χ0) is 19.9. The molecule has 2 rings (SSSR count). The van der Waals surface area contributed by atoms with Crippen molar-refractivity contribution in [1.82, 2.24) is 9.97 Å². The molecule has 1 aromatic heterocycles. The van der Waals surface area contributed by atoms with Crippen LogP contribution < -0.4 is 11.3 Å². The predicted octanol–water partition coefficient (Wildman–Crippen LogP) is 1.58. The lowest BCUT2D eigenvalue weighted by Crippen LogP contribution is -2.25. The van der Waals surface area contributed by atoms with Gasteiger partial charge in [0.05, 0.1) is 18.9 Å². The molecule has 0 saturated heterocycles. The van der Waals surface area contributed by atoms with Crippen molar-refractivity contribution in [3.05, 3.63) is 16.0 Å². The largest absolute Gasteiger partial charge is 0.382 e. The Morgan fingerprint density at radius 1 is 1.44 bits per heavy atom. The Bertz CT molecular complexity index is 747. The number of nitrogens with zero attached hydrogens (tertiary/aromatic N) is 2. The molecule has 0 aliphatic carbocycles. The zero-order valence-electron chi connectivity index (χ0n) is 15.6. The number of aromatic amines is 1. The van der Waals surface area contributed by atoms with Crippen molar-refractivity contribution in [3.63, 3.8) is 0 Å². The summed E-state index contributed by atoms with van der Waals surface area (Å²) in [6.07, 6.45) is 4.51. The minimum atomic E-state index is -3.54. The van der Waals surface area contributed by atoms with Gasteiger partial charge in [-0.2, -0.15) is 0 Å². The van der Waals surface area contributed by atoms with E-state index in [-0.39, 0.29) is 30.6 Å². The van der Waals surface area contributed by atoms with Crippen LogP contribution in [-0.2, 0) is 18.6 Å². The molecule has 11 heteroatoms. The molecule has 0 spiro atoms. The Morgan fingerprint density at radius 3 is 2.93 bits per heavy atom. The molecule has 1 aliphatic heterocycles. The fraction of sp³-hybridized carbons (Fsp3) is 0.688. The lowest BCUT2D eigenvalue weighted by Gasteiger charge is -2.20. The Kier molecular flexibility index (Phi) is 8.12. The van der Waals surface area contributed by atoms with Gasteiger partial charge in [0.1, 0.15) is 11.8 Å². The second kappa shape index (κ2) is 10.1. The first-order valence-corrected chi connectivity index (χ1v) is 10.8. The van der Waals surface area contributed by atoms with Gasteiger partial charge < -0.3 is 24.6 Å². The first-order chi connectivity index (χ1) is 12.8. The quantitative estimate of drug-likeness (QED) is 0.373. The van der Waals surface area contributed by atoms with Gasteiger partial charge in [0.2, 0.25) is 5.95 Å². The molecule has 0 amide bonds. The highest BCUT2D eigenvalue weighted by Crippen LogP contribution is 2.36. The number of rotatable bonds is 11. The number of nitrogens with two attached hydrogens (primary N) is 1. The molecule has 1 aliphatic rings. The summed E-state index contributed by atoms with van der Waals surface area (Å²) in [6.45, 7) is 1.87. The number of anilines is 1. The Balaban J connectivity index is 1.78. The number of methoxy groups -OCH3 is 1. The second-order valence-electron chi connectivity index (χ2n) is 6.47. The predicted molar refractivity (Wildman–Crippen MR) is 102 cm³/mol. The fourth-order valence-electron chi connectivity index (χ4n) is 2.84. The molecule has 10 nitrogen and oxygen atoms in total. The van der Waals surface area contributed by atoms with Gasteiger partial charge in [-0.1, -0.05) is 6.42 Å². The minimum absolute atomic E-state index is 0.00342. The molecule has 152 valence electrons. The van der Waals surface area contributed by atoms with E-state index < -0.39 is 13.7 Å². The van der Waals surface area contributed by atoms with Gasteiger partial charge in [-0.15, -0.1) is 0 Å². The van der Waals surface area contributed by atoms with E-state index in [0.29, 0.717) is 24.4 Å². The van der Waals surface area contributed by atoms with Gasteiger partial charge in [0, 0.05) is 32.5 Å². The second-order valence-corrected chi connectivity index (χ2v) is 8.34. The SMILES string of the molecule is COC[C@H](COP(C)(=O)O)OCCCCC1CC=Nc2c1nc(N)[nH]c2=O. The topological polar surface area (TPSA) is 149 Å². The summed E-state index contributed by atoms with van der Waals surface area (Å²) in [7, 11) is -2.01. The van der Waals surface area contributed by atoms with Crippen LogP contribution in [0.4, 0.5) is 11.6 Å². The van der Waals surface area contributed by atoms with Crippen LogP contribution in [-0.4, -0.2) is 60.8 Å². The third kappa shape index (κ3) is 7.15. The molecule has 0 bridgehead atoms. The number of hydrogen-bond donors (Lipinski definition) is 3. The average Bonchev–Trinajstić information content (AvgIpc) is 2.59. The normalized spacial score (nSPS) is 19.4. The minimum Gasteiger partial charge on any atom is -0.382 e. The summed E-state index contributed by atoms with van der Waals surface area (Å²) < 4.78 is 26.8. The highest BCUT2D eigenvalue weighted by atomic mass is 31.2. The van der Waals surface area contributed by atoms with Gasteiger partial charge in [-0.25, -0.2) is 4.98 Å². The number of H-pyrrole nitrogens is 1. The summed E-state index contributed by atoms with van der Waals surface area (Å²) in [4.78, 5) is 31.9. The van der Waals surface area contributed by atoms with Crippen molar-refractivity contribution in [2.45, 2.75) is 37.7 Å². The first-order valence-electron chi connectivity index (χ1n) is 8.77. The zero-order valence-corrected chi connectivity index (χ0v) is 16.5. The van der Waals surface area contributed by atoms with Crippen LogP contribution in [0.25, 0.3) is 0 Å². The van der Waals surface area contributed by atoms with Crippen molar-refractivity contribution >= 4 is 25.4 Å². The van der Waals surface area contributed by atoms with Gasteiger partial charge in [0.15, 0.2) is 0 Å². The third-order valence-corrected chi connectivity index (χ3v) is 4.72. The Hall–Kier alpha value is -1.58. The molecule has 4 N–H and O–H groups in total. The van der Waals surface area contributed by atoms with Gasteiger partial charge in [0.25, 0.3) is 5.56 Å². The smallest absolute Gasteiger partial charge is 0.325 e. The lowest BCUT2D eigenvalue weighted by atomic mass is 9.92. The summed E-state index contributed by atoms with van der Waals surface area (Å²) in [5.41, 5.74) is 6.30. The van der Waals surface area contributed by atoms with Crippen LogP contribution in [0.2, 0.25) is 0 Å². The maximum Gasteiger partial charge on any atom is 0.325 e. The van der Waals surface area contributed by atoms with Crippen molar-refractivity contribution in [3.8, 4) is 0 Å². The van der Waals surface area contributed by atoms with Crippen LogP contribution in [0.5, 0.6) is 0 Å². The summed E-state index contributed by atoms with van der Waals surface area (Å²) in [5, 5.41) is 0. The highest BCUT2D eigenvalue weighted by Gasteiger charge is 2.22. The van der Waals surface area contributed by atoms with Gasteiger partial charge in [-0.3, -0.25) is 19.3 Å². The van der Waals surface area contributed by atoms with E-state index >= 15 is 0 Å². The van der Waals surface area contributed by atoms with Crippen molar-refractivity contribution in [2.75, 3.05) is 39.3 Å². The first kappa shape index (κ1) is 21.7. The van der Waals surface area contributed by atoms with Crippen molar-refractivity contribution < 1.29 is 23.5 Å². The lowest BCUT2D eigenvalue weighted by molar-refractivity contribution is -0.0281. The van der Waals surface area contributed by atoms with E-state index in [1.165, 1.54) is 7.11 Å². The van der Waals surface area contributed by atoms with E-state index in [1.54, 1.807) is 6.21 Å². The van der Waals surface area contributed by atoms with E-state index in [1.807, 2.05) is 0 Å². The molecule has 0 radical (unpaired) electrons. The number of unbranched alkanes of at least 4 members (excludes halogenated alkanes) is 1.